The van der Waals surface area contributed by atoms with E-state index in [9.17, 15) is 0 Å². The van der Waals surface area contributed by atoms with Crippen LogP contribution in [0.25, 0.3) is 0 Å². The lowest BCUT2D eigenvalue weighted by Crippen LogP contribution is -2.50. The lowest BCUT2D eigenvalue weighted by Gasteiger charge is -2.41. The van der Waals surface area contributed by atoms with Gasteiger partial charge in [-0.1, -0.05) is 59.3 Å². The highest BCUT2D eigenvalue weighted by Gasteiger charge is 2.36. The number of unbranched alkanes of at least 4 members (excludes halogenated alkanes) is 5. The van der Waals surface area contributed by atoms with Crippen molar-refractivity contribution in [2.45, 2.75) is 90.7 Å². The first-order valence-corrected chi connectivity index (χ1v) is 7.95. The Bertz CT molecular complexity index is 215. The highest BCUT2D eigenvalue weighted by atomic mass is 16.5. The summed E-state index contributed by atoms with van der Waals surface area (Å²) < 4.78 is 6.01. The van der Waals surface area contributed by atoms with E-state index >= 15 is 0 Å². The molecule has 1 rings (SSSR count). The van der Waals surface area contributed by atoms with Crippen LogP contribution in [0.5, 0.6) is 0 Å². The second-order valence-corrected chi connectivity index (χ2v) is 6.58. The molecule has 0 spiro atoms. The van der Waals surface area contributed by atoms with E-state index in [1.807, 2.05) is 0 Å². The van der Waals surface area contributed by atoms with Gasteiger partial charge in [0.05, 0.1) is 6.10 Å². The summed E-state index contributed by atoms with van der Waals surface area (Å²) in [7, 11) is 0. The van der Waals surface area contributed by atoms with E-state index in [-0.39, 0.29) is 11.5 Å². The van der Waals surface area contributed by atoms with Gasteiger partial charge in [-0.15, -0.1) is 0 Å². The molecule has 0 aromatic rings. The van der Waals surface area contributed by atoms with E-state index in [1.165, 1.54) is 51.4 Å². The number of hydrogen-bond donors (Lipinski definition) is 1. The first-order chi connectivity index (χ1) is 8.58. The summed E-state index contributed by atoms with van der Waals surface area (Å²) in [4.78, 5) is 0. The number of nitrogens with two attached hydrogens (primary N) is 1. The smallest absolute Gasteiger partial charge is 0.0731 e. The van der Waals surface area contributed by atoms with Crippen molar-refractivity contribution >= 4 is 0 Å². The molecule has 0 radical (unpaired) electrons. The van der Waals surface area contributed by atoms with Crippen molar-refractivity contribution in [3.8, 4) is 0 Å². The lowest BCUT2D eigenvalue weighted by atomic mass is 9.72. The molecule has 0 aliphatic heterocycles. The van der Waals surface area contributed by atoms with Crippen LogP contribution >= 0.6 is 0 Å². The topological polar surface area (TPSA) is 35.2 Å². The van der Waals surface area contributed by atoms with Crippen LogP contribution in [-0.2, 0) is 4.74 Å². The van der Waals surface area contributed by atoms with Crippen molar-refractivity contribution in [1.29, 1.82) is 0 Å². The minimum atomic E-state index is 0.214. The molecule has 0 aromatic heterocycles. The molecule has 2 N–H and O–H groups in total. The summed E-state index contributed by atoms with van der Waals surface area (Å²) in [6.07, 6.45) is 11.9. The Morgan fingerprint density at radius 1 is 1.11 bits per heavy atom. The zero-order valence-electron chi connectivity index (χ0n) is 12.7. The van der Waals surface area contributed by atoms with Gasteiger partial charge < -0.3 is 10.5 Å². The quantitative estimate of drug-likeness (QED) is 0.657. The molecule has 0 saturated heterocycles. The van der Waals surface area contributed by atoms with Crippen molar-refractivity contribution in [3.63, 3.8) is 0 Å². The Balaban J connectivity index is 2.08. The van der Waals surface area contributed by atoms with E-state index < -0.39 is 0 Å². The van der Waals surface area contributed by atoms with Gasteiger partial charge in [0.2, 0.25) is 0 Å². The molecule has 0 heterocycles. The Labute approximate surface area is 114 Å². The van der Waals surface area contributed by atoms with Gasteiger partial charge in [-0.25, -0.2) is 0 Å². The van der Waals surface area contributed by atoms with Gasteiger partial charge in [0.25, 0.3) is 0 Å². The largest absolute Gasteiger partial charge is 0.377 e. The molecule has 1 saturated carbocycles. The summed E-state index contributed by atoms with van der Waals surface area (Å²) in [6, 6.07) is 0.214. The van der Waals surface area contributed by atoms with Crippen molar-refractivity contribution < 1.29 is 4.74 Å². The average Bonchev–Trinajstić information content (AvgIpc) is 2.33. The summed E-state index contributed by atoms with van der Waals surface area (Å²) in [5.41, 5.74) is 6.57. The Kier molecular flexibility index (Phi) is 7.25. The summed E-state index contributed by atoms with van der Waals surface area (Å²) >= 11 is 0. The van der Waals surface area contributed by atoms with E-state index in [1.54, 1.807) is 0 Å². The first kappa shape index (κ1) is 16.0. The van der Waals surface area contributed by atoms with Crippen molar-refractivity contribution in [3.05, 3.63) is 0 Å². The van der Waals surface area contributed by atoms with Gasteiger partial charge in [0.15, 0.2) is 0 Å². The van der Waals surface area contributed by atoms with Crippen LogP contribution in [0.2, 0.25) is 0 Å². The molecule has 0 amide bonds. The average molecular weight is 255 g/mol. The molecule has 1 aliphatic carbocycles. The molecule has 2 heteroatoms. The zero-order chi connectivity index (χ0) is 13.4. The van der Waals surface area contributed by atoms with Gasteiger partial charge in [-0.05, 0) is 24.7 Å². The second kappa shape index (κ2) is 8.16. The zero-order valence-corrected chi connectivity index (χ0v) is 12.7. The van der Waals surface area contributed by atoms with Crippen molar-refractivity contribution in [1.82, 2.24) is 0 Å². The van der Waals surface area contributed by atoms with Gasteiger partial charge in [-0.3, -0.25) is 0 Å². The Morgan fingerprint density at radius 2 is 1.78 bits per heavy atom. The number of hydrogen-bond acceptors (Lipinski definition) is 2. The molecule has 2 unspecified atom stereocenters. The van der Waals surface area contributed by atoms with Gasteiger partial charge >= 0.3 is 0 Å². The van der Waals surface area contributed by atoms with Crippen LogP contribution in [0.3, 0.4) is 0 Å². The second-order valence-electron chi connectivity index (χ2n) is 6.58. The molecule has 18 heavy (non-hydrogen) atoms. The van der Waals surface area contributed by atoms with Crippen LogP contribution in [0.1, 0.15) is 78.6 Å². The highest BCUT2D eigenvalue weighted by molar-refractivity contribution is 4.92. The molecule has 0 aromatic carbocycles. The maximum absolute atomic E-state index is 6.31. The van der Waals surface area contributed by atoms with Crippen molar-refractivity contribution in [2.75, 3.05) is 6.61 Å². The maximum Gasteiger partial charge on any atom is 0.0731 e. The molecule has 1 aliphatic rings. The SMILES string of the molecule is CCCCCCCCOC1CCCC(C)(C)C1N. The molecular formula is C16H33NO. The molecule has 1 fully saturated rings. The van der Waals surface area contributed by atoms with Gasteiger partial charge in [-0.2, -0.15) is 0 Å². The third-order valence-electron chi connectivity index (χ3n) is 4.44. The molecule has 2 nitrogen and oxygen atoms in total. The molecular weight excluding hydrogens is 222 g/mol. The monoisotopic (exact) mass is 255 g/mol. The maximum atomic E-state index is 6.31. The Morgan fingerprint density at radius 3 is 2.50 bits per heavy atom. The van der Waals surface area contributed by atoms with Crippen molar-refractivity contribution in [2.24, 2.45) is 11.1 Å². The normalized spacial score (nSPS) is 27.3. The lowest BCUT2D eigenvalue weighted by molar-refractivity contribution is -0.0255. The molecule has 108 valence electrons. The molecule has 2 atom stereocenters. The van der Waals surface area contributed by atoms with E-state index in [4.69, 9.17) is 10.5 Å². The summed E-state index contributed by atoms with van der Waals surface area (Å²) in [6.45, 7) is 7.71. The number of rotatable bonds is 8. The summed E-state index contributed by atoms with van der Waals surface area (Å²) in [5.74, 6) is 0. The first-order valence-electron chi connectivity index (χ1n) is 7.95. The van der Waals surface area contributed by atoms with Crippen LogP contribution in [0.15, 0.2) is 0 Å². The third-order valence-corrected chi connectivity index (χ3v) is 4.44. The number of ether oxygens (including phenoxy) is 1. The third kappa shape index (κ3) is 5.27. The fraction of sp³-hybridized carbons (Fsp3) is 1.00. The van der Waals surface area contributed by atoms with Gasteiger partial charge in [0, 0.05) is 12.6 Å². The standard InChI is InChI=1S/C16H33NO/c1-4-5-6-7-8-9-13-18-14-11-10-12-16(2,3)15(14)17/h14-15H,4-13,17H2,1-3H3. The fourth-order valence-electron chi connectivity index (χ4n) is 2.91. The fourth-order valence-corrected chi connectivity index (χ4v) is 2.91. The van der Waals surface area contributed by atoms with Crippen LogP contribution in [0, 0.1) is 5.41 Å². The van der Waals surface area contributed by atoms with E-state index in [2.05, 4.69) is 20.8 Å². The predicted molar refractivity (Wildman–Crippen MR) is 78.7 cm³/mol. The molecule has 0 bridgehead atoms. The minimum Gasteiger partial charge on any atom is -0.377 e. The van der Waals surface area contributed by atoms with Crippen LogP contribution < -0.4 is 5.73 Å². The summed E-state index contributed by atoms with van der Waals surface area (Å²) in [5, 5.41) is 0. The van der Waals surface area contributed by atoms with E-state index in [0.29, 0.717) is 6.10 Å². The van der Waals surface area contributed by atoms with E-state index in [0.717, 1.165) is 13.0 Å². The van der Waals surface area contributed by atoms with Crippen LogP contribution in [-0.4, -0.2) is 18.8 Å². The Hall–Kier alpha value is -0.0800. The predicted octanol–water partition coefficient (Wildman–Crippen LogP) is 4.27. The minimum absolute atomic E-state index is 0.214. The highest BCUT2D eigenvalue weighted by Crippen LogP contribution is 2.35. The van der Waals surface area contributed by atoms with Crippen LogP contribution in [0.4, 0.5) is 0 Å². The van der Waals surface area contributed by atoms with Gasteiger partial charge in [0.1, 0.15) is 0 Å².